The average molecular weight is 220 g/mol. The van der Waals surface area contributed by atoms with Gasteiger partial charge in [-0.25, -0.2) is 0 Å². The van der Waals surface area contributed by atoms with Crippen LogP contribution in [0, 0.1) is 0 Å². The molecule has 1 saturated heterocycles. The molecule has 1 unspecified atom stereocenters. The van der Waals surface area contributed by atoms with Gasteiger partial charge < -0.3 is 15.3 Å². The molecule has 1 aromatic carbocycles. The molecule has 0 spiro atoms. The van der Waals surface area contributed by atoms with Gasteiger partial charge in [-0.05, 0) is 51.2 Å². The summed E-state index contributed by atoms with van der Waals surface area (Å²) in [4.78, 5) is 2.07. The maximum atomic E-state index is 9.78. The third-order valence-corrected chi connectivity index (χ3v) is 3.05. The Kier molecular flexibility index (Phi) is 3.46. The lowest BCUT2D eigenvalue weighted by Gasteiger charge is -2.15. The van der Waals surface area contributed by atoms with E-state index in [1.807, 2.05) is 26.2 Å². The molecule has 0 aromatic heterocycles. The van der Waals surface area contributed by atoms with Crippen LogP contribution in [-0.4, -0.2) is 30.6 Å². The first-order valence-corrected chi connectivity index (χ1v) is 5.87. The molecule has 2 rings (SSSR count). The second kappa shape index (κ2) is 4.85. The summed E-state index contributed by atoms with van der Waals surface area (Å²) in [5, 5.41) is 13.3. The lowest BCUT2D eigenvalue weighted by atomic mass is 10.0. The van der Waals surface area contributed by atoms with Crippen molar-refractivity contribution in [3.05, 3.63) is 29.3 Å². The van der Waals surface area contributed by atoms with Gasteiger partial charge in [0.2, 0.25) is 0 Å². The maximum Gasteiger partial charge on any atom is 0.120 e. The van der Waals surface area contributed by atoms with Crippen LogP contribution in [0.1, 0.15) is 30.0 Å². The molecule has 3 nitrogen and oxygen atoms in total. The predicted octanol–water partition coefficient (Wildman–Crippen LogP) is 1.88. The molecule has 0 saturated carbocycles. The number of aromatic hydroxyl groups is 1. The standard InChI is InChI=1S/C13H20N2O/c1-15(2)9-11-8-10(5-6-13(11)16)12-4-3-7-14-12/h5-6,8,12,14,16H,3-4,7,9H2,1-2H3. The Balaban J connectivity index is 2.20. The predicted molar refractivity (Wildman–Crippen MR) is 65.5 cm³/mol. The largest absolute Gasteiger partial charge is 0.508 e. The van der Waals surface area contributed by atoms with E-state index in [1.54, 1.807) is 0 Å². The Labute approximate surface area is 97.1 Å². The number of hydrogen-bond acceptors (Lipinski definition) is 3. The van der Waals surface area contributed by atoms with Gasteiger partial charge in [0.1, 0.15) is 5.75 Å². The highest BCUT2D eigenvalue weighted by atomic mass is 16.3. The van der Waals surface area contributed by atoms with Crippen LogP contribution < -0.4 is 5.32 Å². The van der Waals surface area contributed by atoms with Crippen molar-refractivity contribution in [1.82, 2.24) is 10.2 Å². The summed E-state index contributed by atoms with van der Waals surface area (Å²) < 4.78 is 0. The van der Waals surface area contributed by atoms with Crippen LogP contribution >= 0.6 is 0 Å². The van der Waals surface area contributed by atoms with Gasteiger partial charge in [-0.3, -0.25) is 0 Å². The van der Waals surface area contributed by atoms with Crippen LogP contribution in [0.2, 0.25) is 0 Å². The van der Waals surface area contributed by atoms with Crippen molar-refractivity contribution in [3.63, 3.8) is 0 Å². The maximum absolute atomic E-state index is 9.78. The van der Waals surface area contributed by atoms with E-state index in [-0.39, 0.29) is 0 Å². The van der Waals surface area contributed by atoms with Crippen LogP contribution in [0.5, 0.6) is 5.75 Å². The van der Waals surface area contributed by atoms with E-state index >= 15 is 0 Å². The zero-order valence-electron chi connectivity index (χ0n) is 10.0. The molecule has 0 bridgehead atoms. The monoisotopic (exact) mass is 220 g/mol. The Morgan fingerprint density at radius 2 is 2.25 bits per heavy atom. The second-order valence-electron chi connectivity index (χ2n) is 4.77. The first-order valence-electron chi connectivity index (χ1n) is 5.87. The van der Waals surface area contributed by atoms with Gasteiger partial charge in [0.15, 0.2) is 0 Å². The van der Waals surface area contributed by atoms with E-state index in [9.17, 15) is 5.11 Å². The van der Waals surface area contributed by atoms with Gasteiger partial charge in [0.05, 0.1) is 0 Å². The van der Waals surface area contributed by atoms with Gasteiger partial charge in [-0.1, -0.05) is 6.07 Å². The lowest BCUT2D eigenvalue weighted by molar-refractivity contribution is 0.385. The number of nitrogens with zero attached hydrogens (tertiary/aromatic N) is 1. The molecule has 1 aromatic rings. The normalized spacial score (nSPS) is 20.6. The van der Waals surface area contributed by atoms with E-state index in [0.717, 1.165) is 18.7 Å². The summed E-state index contributed by atoms with van der Waals surface area (Å²) in [5.41, 5.74) is 2.31. The van der Waals surface area contributed by atoms with E-state index in [1.165, 1.54) is 18.4 Å². The molecule has 2 N–H and O–H groups in total. The number of hydrogen-bond donors (Lipinski definition) is 2. The molecule has 1 heterocycles. The molecule has 0 aliphatic carbocycles. The quantitative estimate of drug-likeness (QED) is 0.816. The van der Waals surface area contributed by atoms with E-state index in [4.69, 9.17) is 0 Å². The van der Waals surface area contributed by atoms with Gasteiger partial charge in [0.25, 0.3) is 0 Å². The van der Waals surface area contributed by atoms with E-state index < -0.39 is 0 Å². The smallest absolute Gasteiger partial charge is 0.120 e. The van der Waals surface area contributed by atoms with Crippen LogP contribution in [0.25, 0.3) is 0 Å². The molecular formula is C13H20N2O. The zero-order valence-corrected chi connectivity index (χ0v) is 10.0. The SMILES string of the molecule is CN(C)Cc1cc(C2CCCN2)ccc1O. The van der Waals surface area contributed by atoms with Crippen molar-refractivity contribution in [1.29, 1.82) is 0 Å². The molecule has 1 atom stereocenters. The van der Waals surface area contributed by atoms with Crippen LogP contribution in [0.3, 0.4) is 0 Å². The average Bonchev–Trinajstić information content (AvgIpc) is 2.73. The number of phenolic OH excluding ortho intramolecular Hbond substituents is 1. The molecule has 88 valence electrons. The third kappa shape index (κ3) is 2.54. The highest BCUT2D eigenvalue weighted by molar-refractivity contribution is 5.37. The zero-order chi connectivity index (χ0) is 11.5. The first-order chi connectivity index (χ1) is 7.66. The fourth-order valence-electron chi connectivity index (χ4n) is 2.26. The molecule has 16 heavy (non-hydrogen) atoms. The summed E-state index contributed by atoms with van der Waals surface area (Å²) in [6.07, 6.45) is 2.45. The lowest BCUT2D eigenvalue weighted by Crippen LogP contribution is -2.14. The molecular weight excluding hydrogens is 200 g/mol. The van der Waals surface area contributed by atoms with Crippen molar-refractivity contribution in [2.75, 3.05) is 20.6 Å². The second-order valence-corrected chi connectivity index (χ2v) is 4.77. The molecule has 1 aliphatic heterocycles. The van der Waals surface area contributed by atoms with Gasteiger partial charge >= 0.3 is 0 Å². The highest BCUT2D eigenvalue weighted by Crippen LogP contribution is 2.27. The Hall–Kier alpha value is -1.06. The number of nitrogens with one attached hydrogen (secondary N) is 1. The van der Waals surface area contributed by atoms with E-state index in [0.29, 0.717) is 11.8 Å². The summed E-state index contributed by atoms with van der Waals surface area (Å²) in [7, 11) is 4.03. The molecule has 3 heteroatoms. The number of phenols is 1. The first kappa shape index (κ1) is 11.4. The van der Waals surface area contributed by atoms with Crippen molar-refractivity contribution in [2.24, 2.45) is 0 Å². The van der Waals surface area contributed by atoms with Crippen LogP contribution in [0.15, 0.2) is 18.2 Å². The summed E-state index contributed by atoms with van der Waals surface area (Å²) in [6, 6.07) is 6.44. The Bertz CT molecular complexity index is 357. The Morgan fingerprint density at radius 3 is 2.88 bits per heavy atom. The topological polar surface area (TPSA) is 35.5 Å². The molecule has 0 radical (unpaired) electrons. The van der Waals surface area contributed by atoms with E-state index in [2.05, 4.69) is 16.3 Å². The van der Waals surface area contributed by atoms with Crippen molar-refractivity contribution < 1.29 is 5.11 Å². The number of rotatable bonds is 3. The highest BCUT2D eigenvalue weighted by Gasteiger charge is 2.17. The van der Waals surface area contributed by atoms with Gasteiger partial charge in [0, 0.05) is 18.2 Å². The minimum Gasteiger partial charge on any atom is -0.508 e. The minimum atomic E-state index is 0.399. The van der Waals surface area contributed by atoms with Gasteiger partial charge in [-0.15, -0.1) is 0 Å². The molecule has 1 fully saturated rings. The molecule has 1 aliphatic rings. The van der Waals surface area contributed by atoms with Gasteiger partial charge in [-0.2, -0.15) is 0 Å². The van der Waals surface area contributed by atoms with Crippen molar-refractivity contribution in [3.8, 4) is 5.75 Å². The van der Waals surface area contributed by atoms with Crippen molar-refractivity contribution in [2.45, 2.75) is 25.4 Å². The number of benzene rings is 1. The van der Waals surface area contributed by atoms with Crippen LogP contribution in [0.4, 0.5) is 0 Å². The fraction of sp³-hybridized carbons (Fsp3) is 0.538. The third-order valence-electron chi connectivity index (χ3n) is 3.05. The van der Waals surface area contributed by atoms with Crippen LogP contribution in [-0.2, 0) is 6.54 Å². The summed E-state index contributed by atoms with van der Waals surface area (Å²) in [5.74, 6) is 0.399. The van der Waals surface area contributed by atoms with Crippen molar-refractivity contribution >= 4 is 0 Å². The molecule has 0 amide bonds. The minimum absolute atomic E-state index is 0.399. The Morgan fingerprint density at radius 1 is 1.44 bits per heavy atom. The summed E-state index contributed by atoms with van der Waals surface area (Å²) in [6.45, 7) is 1.89. The summed E-state index contributed by atoms with van der Waals surface area (Å²) >= 11 is 0. The fourth-order valence-corrected chi connectivity index (χ4v) is 2.26.